The monoisotopic (exact) mass is 298 g/mol. The van der Waals surface area contributed by atoms with E-state index in [-0.39, 0.29) is 29.1 Å². The van der Waals surface area contributed by atoms with Crippen LogP contribution in [0, 0.1) is 14.4 Å². The Morgan fingerprint density at radius 2 is 1.61 bits per heavy atom. The largest absolute Gasteiger partial charge is 2.00 e. The molecule has 1 rings (SSSR count). The van der Waals surface area contributed by atoms with Crippen LogP contribution in [0.2, 0.25) is 0 Å². The molecule has 0 aromatic rings. The molecule has 4 nitrogen and oxygen atoms in total. The number of rotatable bonds is 6. The Labute approximate surface area is 128 Å². The molecule has 0 radical (unpaired) electrons. The molecule has 18 heavy (non-hydrogen) atoms. The van der Waals surface area contributed by atoms with Crippen LogP contribution in [0.15, 0.2) is 0 Å². The van der Waals surface area contributed by atoms with Gasteiger partial charge in [-0.25, -0.2) is 0 Å². The molecule has 2 N–H and O–H groups in total. The van der Waals surface area contributed by atoms with E-state index in [1.165, 1.54) is 0 Å². The van der Waals surface area contributed by atoms with Crippen LogP contribution in [0.4, 0.5) is 0 Å². The van der Waals surface area contributed by atoms with Crippen molar-refractivity contribution >= 4 is 0 Å². The van der Waals surface area contributed by atoms with E-state index >= 15 is 0 Å². The van der Waals surface area contributed by atoms with Gasteiger partial charge in [0.15, 0.2) is 0 Å². The van der Waals surface area contributed by atoms with Crippen LogP contribution in [-0.2, 0) is 31.2 Å². The van der Waals surface area contributed by atoms with Gasteiger partial charge in [0.2, 0.25) is 0 Å². The van der Waals surface area contributed by atoms with Gasteiger partial charge in [0.25, 0.3) is 0 Å². The van der Waals surface area contributed by atoms with Crippen molar-refractivity contribution in [1.82, 2.24) is 0 Å². The molecular weight excluding hydrogens is 268 g/mol. The Morgan fingerprint density at radius 3 is 1.83 bits per heavy atom. The molecule has 0 bridgehead atoms. The van der Waals surface area contributed by atoms with Gasteiger partial charge in [0, 0.05) is 19.8 Å². The van der Waals surface area contributed by atoms with E-state index in [0.717, 1.165) is 39.1 Å². The molecule has 0 amide bonds. The Morgan fingerprint density at radius 1 is 1.22 bits per heavy atom. The van der Waals surface area contributed by atoms with Gasteiger partial charge in [-0.05, 0) is 12.8 Å². The van der Waals surface area contributed by atoms with Crippen molar-refractivity contribution in [3.63, 3.8) is 0 Å². The maximum absolute atomic E-state index is 7.88. The van der Waals surface area contributed by atoms with Crippen LogP contribution in [0.5, 0.6) is 0 Å². The minimum atomic E-state index is 0. The van der Waals surface area contributed by atoms with Gasteiger partial charge >= 0.3 is 21.7 Å². The third kappa shape index (κ3) is 36.0. The Kier molecular flexibility index (Phi) is 39.3. The SMILES string of the molecule is CCCO.CCCO.[CH2-]CCOCC1CO1.[CH3-].[Ti+2]. The van der Waals surface area contributed by atoms with Gasteiger partial charge in [-0.15, -0.1) is 0 Å². The fourth-order valence-electron chi connectivity index (χ4n) is 0.481. The van der Waals surface area contributed by atoms with Gasteiger partial charge in [-0.1, -0.05) is 13.8 Å². The molecule has 0 saturated carbocycles. The molecule has 1 heterocycles. The van der Waals surface area contributed by atoms with Crippen LogP contribution in [0.1, 0.15) is 33.1 Å². The first-order chi connectivity index (χ1) is 7.76. The first-order valence-electron chi connectivity index (χ1n) is 5.96. The molecule has 5 heteroatoms. The number of ether oxygens (including phenoxy) is 2. The number of epoxide rings is 1. The molecule has 1 aliphatic rings. The van der Waals surface area contributed by atoms with Gasteiger partial charge in [0.05, 0.1) is 13.2 Å². The number of hydrogen-bond donors (Lipinski definition) is 2. The average Bonchev–Trinajstić information content (AvgIpc) is 3.14. The van der Waals surface area contributed by atoms with Gasteiger partial charge in [-0.3, -0.25) is 0 Å². The summed E-state index contributed by atoms with van der Waals surface area (Å²) in [5.41, 5.74) is 0. The Bertz CT molecular complexity index is 103. The van der Waals surface area contributed by atoms with Crippen LogP contribution in [-0.4, -0.2) is 49.4 Å². The molecular formula is C13H30O4Ti. The Hall–Kier alpha value is 0.554. The second kappa shape index (κ2) is 26.2. The molecule has 110 valence electrons. The predicted octanol–water partition coefficient (Wildman–Crippen LogP) is 1.85. The van der Waals surface area contributed by atoms with Crippen LogP contribution in [0.3, 0.4) is 0 Å². The van der Waals surface area contributed by atoms with Crippen molar-refractivity contribution in [3.8, 4) is 0 Å². The zero-order valence-corrected chi connectivity index (χ0v) is 13.7. The van der Waals surface area contributed by atoms with E-state index in [4.69, 9.17) is 19.7 Å². The van der Waals surface area contributed by atoms with E-state index in [1.807, 2.05) is 13.8 Å². The summed E-state index contributed by atoms with van der Waals surface area (Å²) in [7, 11) is 0. The topological polar surface area (TPSA) is 62.2 Å². The van der Waals surface area contributed by atoms with E-state index < -0.39 is 0 Å². The van der Waals surface area contributed by atoms with Crippen molar-refractivity contribution in [2.45, 2.75) is 39.2 Å². The molecule has 1 aliphatic heterocycles. The fourth-order valence-corrected chi connectivity index (χ4v) is 0.481. The third-order valence-corrected chi connectivity index (χ3v) is 1.44. The molecule has 0 spiro atoms. The van der Waals surface area contributed by atoms with Crippen LogP contribution < -0.4 is 0 Å². The van der Waals surface area contributed by atoms with Gasteiger partial charge in [-0.2, -0.15) is 6.42 Å². The smallest absolute Gasteiger partial charge is 0.396 e. The average molecular weight is 298 g/mol. The van der Waals surface area contributed by atoms with Crippen molar-refractivity contribution in [3.05, 3.63) is 14.4 Å². The zero-order chi connectivity index (χ0) is 12.6. The summed E-state index contributed by atoms with van der Waals surface area (Å²) < 4.78 is 10.0. The predicted molar refractivity (Wildman–Crippen MR) is 71.7 cm³/mol. The van der Waals surface area contributed by atoms with Gasteiger partial charge in [0.1, 0.15) is 6.10 Å². The molecule has 0 aromatic carbocycles. The summed E-state index contributed by atoms with van der Waals surface area (Å²) in [6.07, 6.45) is 3.01. The first kappa shape index (κ1) is 27.0. The minimum Gasteiger partial charge on any atom is -0.396 e. The normalized spacial score (nSPS) is 14.8. The summed E-state index contributed by atoms with van der Waals surface area (Å²) in [5, 5.41) is 15.8. The standard InChI is InChI=1S/C6H11O2.2C3H8O.CH3.Ti/c1-2-3-7-4-6-5-8-6;2*1-2-3-4;;/h6H,1-5H2;2*4H,2-3H2,1H3;1H3;/q-1;;;-1;+2. The quantitative estimate of drug-likeness (QED) is 0.340. The molecule has 1 fully saturated rings. The van der Waals surface area contributed by atoms with Crippen molar-refractivity contribution in [1.29, 1.82) is 0 Å². The van der Waals surface area contributed by atoms with Crippen molar-refractivity contribution < 1.29 is 41.4 Å². The summed E-state index contributed by atoms with van der Waals surface area (Å²) >= 11 is 0. The third-order valence-electron chi connectivity index (χ3n) is 1.44. The van der Waals surface area contributed by atoms with E-state index in [9.17, 15) is 0 Å². The van der Waals surface area contributed by atoms with Gasteiger partial charge < -0.3 is 34.0 Å². The second-order valence-electron chi connectivity index (χ2n) is 3.33. The van der Waals surface area contributed by atoms with E-state index in [2.05, 4.69) is 6.92 Å². The van der Waals surface area contributed by atoms with Crippen molar-refractivity contribution in [2.75, 3.05) is 33.0 Å². The molecule has 1 saturated heterocycles. The first-order valence-corrected chi connectivity index (χ1v) is 5.96. The zero-order valence-electron chi connectivity index (χ0n) is 12.2. The summed E-state index contributed by atoms with van der Waals surface area (Å²) in [6.45, 7) is 10.5. The maximum Gasteiger partial charge on any atom is 2.00 e. The molecule has 0 aromatic heterocycles. The fraction of sp³-hybridized carbons (Fsp3) is 0.846. The molecule has 1 atom stereocenters. The molecule has 0 aliphatic carbocycles. The molecule has 1 unspecified atom stereocenters. The number of hydrogen-bond acceptors (Lipinski definition) is 4. The number of aliphatic hydroxyl groups is 2. The van der Waals surface area contributed by atoms with E-state index in [1.54, 1.807) is 0 Å². The van der Waals surface area contributed by atoms with Crippen LogP contribution >= 0.6 is 0 Å². The number of aliphatic hydroxyl groups excluding tert-OH is 2. The van der Waals surface area contributed by atoms with Crippen LogP contribution in [0.25, 0.3) is 0 Å². The second-order valence-corrected chi connectivity index (χ2v) is 3.33. The summed E-state index contributed by atoms with van der Waals surface area (Å²) in [5.74, 6) is 0. The Balaban J connectivity index is -0.0000000860. The van der Waals surface area contributed by atoms with Crippen molar-refractivity contribution in [2.24, 2.45) is 0 Å². The maximum atomic E-state index is 7.88. The minimum absolute atomic E-state index is 0. The summed E-state index contributed by atoms with van der Waals surface area (Å²) in [6, 6.07) is 0. The van der Waals surface area contributed by atoms with E-state index in [0.29, 0.717) is 19.3 Å². The summed E-state index contributed by atoms with van der Waals surface area (Å²) in [4.78, 5) is 0.